The minimum atomic E-state index is -0.494. The average Bonchev–Trinajstić information content (AvgIpc) is 3.45. The number of rotatable bonds is 7. The van der Waals surface area contributed by atoms with Crippen LogP contribution in [-0.2, 0) is 6.54 Å². The summed E-state index contributed by atoms with van der Waals surface area (Å²) in [5.74, 6) is 0.0486. The lowest BCUT2D eigenvalue weighted by atomic mass is 10.1. The first kappa shape index (κ1) is 22.1. The van der Waals surface area contributed by atoms with E-state index in [4.69, 9.17) is 32.4 Å². The van der Waals surface area contributed by atoms with Gasteiger partial charge in [-0.2, -0.15) is 0 Å². The van der Waals surface area contributed by atoms with E-state index in [0.717, 1.165) is 11.1 Å². The molecule has 0 amide bonds. The van der Waals surface area contributed by atoms with E-state index in [2.05, 4.69) is 20.2 Å². The number of benzene rings is 2. The number of halogens is 2. The largest absolute Gasteiger partial charge is 0.494 e. The summed E-state index contributed by atoms with van der Waals surface area (Å²) in [5, 5.41) is 9.41. The SMILES string of the molecule is CCOc1ccc2c(c1)c(C(=O)c1nnc(-c3ccncn3)o1)c(Cl)n2Cc1ccc(Cl)cc1. The smallest absolute Gasteiger partial charge is 0.289 e. The summed E-state index contributed by atoms with van der Waals surface area (Å²) in [5.41, 5.74) is 2.41. The van der Waals surface area contributed by atoms with Crippen LogP contribution in [0.1, 0.15) is 28.7 Å². The number of ether oxygens (including phenoxy) is 1. The molecular weight excluding hydrogens is 477 g/mol. The summed E-state index contributed by atoms with van der Waals surface area (Å²) in [6.45, 7) is 2.81. The Hall–Kier alpha value is -3.75. The molecule has 2 aromatic carbocycles. The molecule has 5 rings (SSSR count). The summed E-state index contributed by atoms with van der Waals surface area (Å²) in [7, 11) is 0. The van der Waals surface area contributed by atoms with Crippen molar-refractivity contribution in [3.63, 3.8) is 0 Å². The van der Waals surface area contributed by atoms with Crippen LogP contribution in [0.25, 0.3) is 22.5 Å². The third-order valence-electron chi connectivity index (χ3n) is 5.18. The predicted molar refractivity (Wildman–Crippen MR) is 127 cm³/mol. The molecule has 34 heavy (non-hydrogen) atoms. The second kappa shape index (κ2) is 9.24. The Balaban J connectivity index is 1.61. The third kappa shape index (κ3) is 4.13. The van der Waals surface area contributed by atoms with Crippen LogP contribution in [-0.4, -0.2) is 37.1 Å². The van der Waals surface area contributed by atoms with Gasteiger partial charge in [0.15, 0.2) is 0 Å². The van der Waals surface area contributed by atoms with Gasteiger partial charge in [0.2, 0.25) is 0 Å². The average molecular weight is 494 g/mol. The first-order chi connectivity index (χ1) is 16.5. The molecule has 0 N–H and O–H groups in total. The summed E-state index contributed by atoms with van der Waals surface area (Å²) >= 11 is 12.8. The summed E-state index contributed by atoms with van der Waals surface area (Å²) in [6, 6.07) is 14.6. The lowest BCUT2D eigenvalue weighted by molar-refractivity contribution is 0.100. The van der Waals surface area contributed by atoms with Crippen LogP contribution in [0.3, 0.4) is 0 Å². The Morgan fingerprint density at radius 2 is 1.91 bits per heavy atom. The van der Waals surface area contributed by atoms with Crippen LogP contribution in [0, 0.1) is 0 Å². The van der Waals surface area contributed by atoms with Gasteiger partial charge in [0.05, 0.1) is 17.7 Å². The maximum Gasteiger partial charge on any atom is 0.289 e. The second-order valence-electron chi connectivity index (χ2n) is 7.33. The van der Waals surface area contributed by atoms with Gasteiger partial charge in [0, 0.05) is 23.2 Å². The molecule has 0 atom stereocenters. The highest BCUT2D eigenvalue weighted by atomic mass is 35.5. The van der Waals surface area contributed by atoms with Gasteiger partial charge < -0.3 is 13.7 Å². The topological polar surface area (TPSA) is 95.9 Å². The fourth-order valence-corrected chi connectivity index (χ4v) is 4.11. The van der Waals surface area contributed by atoms with Gasteiger partial charge in [-0.05, 0) is 48.9 Å². The maximum absolute atomic E-state index is 13.5. The standard InChI is InChI=1S/C24H17Cl2N5O3/c1-2-33-16-7-8-19-17(11-16)20(22(26)31(19)12-14-3-5-15(25)6-4-14)21(32)24-30-29-23(34-24)18-9-10-27-13-28-18/h3-11,13H,2,12H2,1H3. The van der Waals surface area contributed by atoms with Crippen molar-refractivity contribution < 1.29 is 13.9 Å². The highest BCUT2D eigenvalue weighted by Crippen LogP contribution is 2.35. The Morgan fingerprint density at radius 3 is 2.65 bits per heavy atom. The summed E-state index contributed by atoms with van der Waals surface area (Å²) in [6.07, 6.45) is 2.90. The van der Waals surface area contributed by atoms with Crippen molar-refractivity contribution in [2.24, 2.45) is 0 Å². The van der Waals surface area contributed by atoms with Crippen LogP contribution >= 0.6 is 23.2 Å². The summed E-state index contributed by atoms with van der Waals surface area (Å²) in [4.78, 5) is 21.5. The molecule has 0 saturated heterocycles. The molecule has 3 aromatic heterocycles. The highest BCUT2D eigenvalue weighted by Gasteiger charge is 2.27. The minimum absolute atomic E-state index is 0.113. The molecule has 3 heterocycles. The van der Waals surface area contributed by atoms with E-state index in [1.54, 1.807) is 18.3 Å². The molecule has 0 radical (unpaired) electrons. The van der Waals surface area contributed by atoms with Crippen LogP contribution in [0.4, 0.5) is 0 Å². The van der Waals surface area contributed by atoms with Crippen molar-refractivity contribution in [1.82, 2.24) is 24.7 Å². The Kier molecular flexibility index (Phi) is 6.00. The van der Waals surface area contributed by atoms with Crippen molar-refractivity contribution in [3.8, 4) is 17.3 Å². The molecule has 0 fully saturated rings. The van der Waals surface area contributed by atoms with E-state index < -0.39 is 5.78 Å². The number of hydrogen-bond donors (Lipinski definition) is 0. The van der Waals surface area contributed by atoms with E-state index in [0.29, 0.717) is 35.0 Å². The van der Waals surface area contributed by atoms with Gasteiger partial charge in [0.1, 0.15) is 22.9 Å². The number of nitrogens with zero attached hydrogens (tertiary/aromatic N) is 5. The Labute approximate surface area is 204 Å². The lowest BCUT2D eigenvalue weighted by Crippen LogP contribution is -2.04. The molecule has 0 spiro atoms. The molecule has 0 aliphatic heterocycles. The van der Waals surface area contributed by atoms with E-state index in [9.17, 15) is 4.79 Å². The van der Waals surface area contributed by atoms with Gasteiger partial charge in [-0.15, -0.1) is 10.2 Å². The van der Waals surface area contributed by atoms with Gasteiger partial charge >= 0.3 is 0 Å². The van der Waals surface area contributed by atoms with E-state index in [1.807, 2.05) is 47.9 Å². The molecule has 10 heteroatoms. The van der Waals surface area contributed by atoms with Crippen LogP contribution in [0.2, 0.25) is 10.2 Å². The van der Waals surface area contributed by atoms with Crippen LogP contribution < -0.4 is 4.74 Å². The normalized spacial score (nSPS) is 11.1. The Morgan fingerprint density at radius 1 is 1.09 bits per heavy atom. The number of fused-ring (bicyclic) bond motifs is 1. The molecule has 5 aromatic rings. The quantitative estimate of drug-likeness (QED) is 0.277. The van der Waals surface area contributed by atoms with E-state index in [-0.39, 0.29) is 22.5 Å². The van der Waals surface area contributed by atoms with Gasteiger partial charge in [0.25, 0.3) is 17.6 Å². The molecule has 0 bridgehead atoms. The zero-order valence-electron chi connectivity index (χ0n) is 17.9. The molecule has 170 valence electrons. The van der Waals surface area contributed by atoms with Crippen molar-refractivity contribution in [3.05, 3.63) is 88.2 Å². The maximum atomic E-state index is 13.5. The summed E-state index contributed by atoms with van der Waals surface area (Å²) < 4.78 is 13.1. The third-order valence-corrected chi connectivity index (χ3v) is 5.83. The van der Waals surface area contributed by atoms with Crippen molar-refractivity contribution >= 4 is 39.9 Å². The number of hydrogen-bond acceptors (Lipinski definition) is 7. The number of carbonyl (C=O) groups excluding carboxylic acids is 1. The zero-order valence-corrected chi connectivity index (χ0v) is 19.4. The lowest BCUT2D eigenvalue weighted by Gasteiger charge is -2.08. The monoisotopic (exact) mass is 493 g/mol. The number of aromatic nitrogens is 5. The molecule has 0 aliphatic carbocycles. The molecular formula is C24H17Cl2N5O3. The van der Waals surface area contributed by atoms with Gasteiger partial charge in [-0.25, -0.2) is 9.97 Å². The molecule has 8 nitrogen and oxygen atoms in total. The first-order valence-electron chi connectivity index (χ1n) is 10.4. The van der Waals surface area contributed by atoms with Gasteiger partial charge in [-0.3, -0.25) is 4.79 Å². The second-order valence-corrected chi connectivity index (χ2v) is 8.12. The molecule has 0 aliphatic rings. The predicted octanol–water partition coefficient (Wildman–Crippen LogP) is 5.47. The van der Waals surface area contributed by atoms with E-state index in [1.165, 1.54) is 6.33 Å². The molecule has 0 unspecified atom stereocenters. The molecule has 0 saturated carbocycles. The first-order valence-corrected chi connectivity index (χ1v) is 11.1. The number of ketones is 1. The van der Waals surface area contributed by atoms with Crippen molar-refractivity contribution in [2.75, 3.05) is 6.61 Å². The fourth-order valence-electron chi connectivity index (χ4n) is 3.64. The van der Waals surface area contributed by atoms with Crippen molar-refractivity contribution in [1.29, 1.82) is 0 Å². The highest BCUT2D eigenvalue weighted by molar-refractivity contribution is 6.36. The van der Waals surface area contributed by atoms with Crippen LogP contribution in [0.5, 0.6) is 5.75 Å². The van der Waals surface area contributed by atoms with Crippen LogP contribution in [0.15, 0.2) is 65.5 Å². The minimum Gasteiger partial charge on any atom is -0.494 e. The van der Waals surface area contributed by atoms with Gasteiger partial charge in [-0.1, -0.05) is 35.3 Å². The number of carbonyl (C=O) groups is 1. The Bertz CT molecular complexity index is 1480. The van der Waals surface area contributed by atoms with E-state index >= 15 is 0 Å². The zero-order chi connectivity index (χ0) is 23.7. The van der Waals surface area contributed by atoms with Crippen molar-refractivity contribution in [2.45, 2.75) is 13.5 Å². The fraction of sp³-hybridized carbons (Fsp3) is 0.125.